The van der Waals surface area contributed by atoms with Crippen molar-refractivity contribution in [2.45, 2.75) is 12.7 Å². The van der Waals surface area contributed by atoms with Gasteiger partial charge >= 0.3 is 12.1 Å². The second-order valence-electron chi connectivity index (χ2n) is 7.05. The van der Waals surface area contributed by atoms with Crippen molar-refractivity contribution in [1.29, 1.82) is 0 Å². The molecular weight excluding hydrogens is 480 g/mol. The molecule has 0 aromatic heterocycles. The third-order valence-corrected chi connectivity index (χ3v) is 5.41. The van der Waals surface area contributed by atoms with Crippen LogP contribution in [0.4, 0.5) is 18.9 Å². The maximum absolute atomic E-state index is 13.1. The molecule has 10 heteroatoms. The number of benzene rings is 3. The fourth-order valence-electron chi connectivity index (χ4n) is 3.33. The number of halogens is 5. The van der Waals surface area contributed by atoms with E-state index < -0.39 is 23.6 Å². The Hall–Kier alpha value is -3.36. The number of amides is 1. The highest BCUT2D eigenvalue weighted by Crippen LogP contribution is 2.33. The molecule has 5 nitrogen and oxygen atoms in total. The lowest BCUT2D eigenvalue weighted by Gasteiger charge is -2.17. The predicted molar refractivity (Wildman–Crippen MR) is 117 cm³/mol. The number of oxime groups is 1. The van der Waals surface area contributed by atoms with Gasteiger partial charge in [0.05, 0.1) is 28.4 Å². The van der Waals surface area contributed by atoms with E-state index in [-0.39, 0.29) is 28.4 Å². The van der Waals surface area contributed by atoms with E-state index in [1.165, 1.54) is 35.2 Å². The van der Waals surface area contributed by atoms with E-state index in [1.54, 1.807) is 24.3 Å². The Morgan fingerprint density at radius 1 is 1.00 bits per heavy atom. The Balaban J connectivity index is 1.61. The number of para-hydroxylation sites is 1. The summed E-state index contributed by atoms with van der Waals surface area (Å²) < 4.78 is 39.2. The summed E-state index contributed by atoms with van der Waals surface area (Å²) in [5, 5.41) is 4.12. The zero-order chi connectivity index (χ0) is 23.8. The smallest absolute Gasteiger partial charge is 0.312 e. The lowest BCUT2D eigenvalue weighted by molar-refractivity contribution is -0.137. The first-order chi connectivity index (χ1) is 15.6. The van der Waals surface area contributed by atoms with E-state index in [2.05, 4.69) is 5.16 Å². The van der Waals surface area contributed by atoms with Crippen LogP contribution >= 0.6 is 23.2 Å². The molecule has 0 bridgehead atoms. The largest absolute Gasteiger partial charge is 0.416 e. The Morgan fingerprint density at radius 2 is 1.76 bits per heavy atom. The van der Waals surface area contributed by atoms with Crippen molar-refractivity contribution in [3.63, 3.8) is 0 Å². The summed E-state index contributed by atoms with van der Waals surface area (Å²) in [7, 11) is 0. The zero-order valence-corrected chi connectivity index (χ0v) is 18.1. The van der Waals surface area contributed by atoms with Crippen LogP contribution in [0.25, 0.3) is 0 Å². The first-order valence-electron chi connectivity index (χ1n) is 9.47. The van der Waals surface area contributed by atoms with Gasteiger partial charge in [0.15, 0.2) is 5.71 Å². The Kier molecular flexibility index (Phi) is 6.14. The van der Waals surface area contributed by atoms with Crippen LogP contribution in [-0.4, -0.2) is 17.6 Å². The van der Waals surface area contributed by atoms with Crippen LogP contribution in [0.2, 0.25) is 10.0 Å². The minimum atomic E-state index is -4.51. The molecule has 3 aromatic carbocycles. The maximum Gasteiger partial charge on any atom is 0.416 e. The second kappa shape index (κ2) is 8.88. The normalized spacial score (nSPS) is 14.5. The van der Waals surface area contributed by atoms with Crippen LogP contribution in [0.5, 0.6) is 0 Å². The number of hydrogen-bond acceptors (Lipinski definition) is 4. The van der Waals surface area contributed by atoms with Crippen molar-refractivity contribution in [3.05, 3.63) is 99.0 Å². The molecule has 4 rings (SSSR count). The fraction of sp³-hybridized carbons (Fsp3) is 0.0870. The van der Waals surface area contributed by atoms with Crippen LogP contribution in [0, 0.1) is 0 Å². The van der Waals surface area contributed by atoms with Crippen molar-refractivity contribution in [2.75, 3.05) is 4.90 Å². The molecule has 168 valence electrons. The molecular formula is C23H13Cl2F3N2O3. The van der Waals surface area contributed by atoms with Gasteiger partial charge in [-0.15, -0.1) is 0 Å². The summed E-state index contributed by atoms with van der Waals surface area (Å²) in [6.45, 7) is -0.129. The topological polar surface area (TPSA) is 59.0 Å². The molecule has 0 fully saturated rings. The van der Waals surface area contributed by atoms with Crippen molar-refractivity contribution in [1.82, 2.24) is 0 Å². The molecule has 1 heterocycles. The van der Waals surface area contributed by atoms with Gasteiger partial charge in [-0.25, -0.2) is 4.79 Å². The molecule has 0 spiro atoms. The highest BCUT2D eigenvalue weighted by atomic mass is 35.5. The molecule has 0 aliphatic carbocycles. The first kappa shape index (κ1) is 22.8. The van der Waals surface area contributed by atoms with Gasteiger partial charge in [0.25, 0.3) is 5.91 Å². The summed E-state index contributed by atoms with van der Waals surface area (Å²) in [6, 6.07) is 15.4. The number of fused-ring (bicyclic) bond motifs is 1. The molecule has 0 saturated carbocycles. The van der Waals surface area contributed by atoms with E-state index in [4.69, 9.17) is 28.0 Å². The molecule has 0 radical (unpaired) electrons. The van der Waals surface area contributed by atoms with Gasteiger partial charge in [-0.2, -0.15) is 13.2 Å². The monoisotopic (exact) mass is 492 g/mol. The summed E-state index contributed by atoms with van der Waals surface area (Å²) in [4.78, 5) is 31.6. The molecule has 0 N–H and O–H groups in total. The average molecular weight is 493 g/mol. The Labute approximate surface area is 196 Å². The highest BCUT2D eigenvalue weighted by Gasteiger charge is 2.36. The van der Waals surface area contributed by atoms with Crippen molar-refractivity contribution in [3.8, 4) is 0 Å². The number of rotatable bonds is 4. The van der Waals surface area contributed by atoms with Gasteiger partial charge in [-0.1, -0.05) is 58.7 Å². The number of carbonyl (C=O) groups excluding carboxylic acids is 2. The van der Waals surface area contributed by atoms with Gasteiger partial charge in [-0.05, 0) is 42.0 Å². The number of nitrogens with zero attached hydrogens (tertiary/aromatic N) is 2. The summed E-state index contributed by atoms with van der Waals surface area (Å²) in [5.74, 6) is -1.52. The lowest BCUT2D eigenvalue weighted by atomic mass is 10.1. The van der Waals surface area contributed by atoms with Crippen molar-refractivity contribution >= 4 is 46.5 Å². The van der Waals surface area contributed by atoms with Crippen LogP contribution < -0.4 is 4.90 Å². The van der Waals surface area contributed by atoms with Gasteiger partial charge in [0, 0.05) is 10.6 Å². The molecule has 3 aromatic rings. The van der Waals surface area contributed by atoms with E-state index in [0.29, 0.717) is 16.3 Å². The third-order valence-electron chi connectivity index (χ3n) is 4.86. The molecule has 1 amide bonds. The molecule has 0 unspecified atom stereocenters. The van der Waals surface area contributed by atoms with Gasteiger partial charge < -0.3 is 9.74 Å². The summed E-state index contributed by atoms with van der Waals surface area (Å²) in [5.41, 5.74) is 0.117. The molecule has 0 saturated heterocycles. The van der Waals surface area contributed by atoms with Gasteiger partial charge in [-0.3, -0.25) is 4.79 Å². The molecule has 1 aliphatic heterocycles. The van der Waals surface area contributed by atoms with Crippen LogP contribution in [0.15, 0.2) is 71.9 Å². The minimum absolute atomic E-state index is 0.00460. The van der Waals surface area contributed by atoms with E-state index in [9.17, 15) is 22.8 Å². The first-order valence-corrected chi connectivity index (χ1v) is 10.2. The number of alkyl halides is 3. The average Bonchev–Trinajstić information content (AvgIpc) is 3.03. The molecule has 33 heavy (non-hydrogen) atoms. The van der Waals surface area contributed by atoms with Crippen LogP contribution in [0.1, 0.15) is 27.0 Å². The Morgan fingerprint density at radius 3 is 2.48 bits per heavy atom. The standard InChI is InChI=1S/C23H13Cl2F3N2O3/c24-15-8-9-16(18(25)11-15)22(32)33-29-20-17-6-1-2-7-19(17)30(21(20)31)12-13-4-3-5-14(10-13)23(26,27)28/h1-11H,12H2/b29-20-. The fourth-order valence-corrected chi connectivity index (χ4v) is 3.81. The van der Waals surface area contributed by atoms with Gasteiger partial charge in [0.2, 0.25) is 0 Å². The zero-order valence-electron chi connectivity index (χ0n) is 16.6. The number of carbonyl (C=O) groups is 2. The van der Waals surface area contributed by atoms with Gasteiger partial charge in [0.1, 0.15) is 0 Å². The van der Waals surface area contributed by atoms with E-state index >= 15 is 0 Å². The molecule has 1 aliphatic rings. The van der Waals surface area contributed by atoms with Crippen LogP contribution in [0.3, 0.4) is 0 Å². The number of hydrogen-bond donors (Lipinski definition) is 0. The quantitative estimate of drug-likeness (QED) is 0.325. The summed E-state index contributed by atoms with van der Waals surface area (Å²) >= 11 is 11.8. The Bertz CT molecular complexity index is 1290. The van der Waals surface area contributed by atoms with E-state index in [0.717, 1.165) is 12.1 Å². The molecule has 0 atom stereocenters. The summed E-state index contributed by atoms with van der Waals surface area (Å²) in [6.07, 6.45) is -4.51. The van der Waals surface area contributed by atoms with Crippen molar-refractivity contribution < 1.29 is 27.6 Å². The number of anilines is 1. The van der Waals surface area contributed by atoms with E-state index in [1.807, 2.05) is 0 Å². The van der Waals surface area contributed by atoms with Crippen LogP contribution in [-0.2, 0) is 22.4 Å². The highest BCUT2D eigenvalue weighted by molar-refractivity contribution is 6.54. The lowest BCUT2D eigenvalue weighted by Crippen LogP contribution is -2.30. The predicted octanol–water partition coefficient (Wildman–Crippen LogP) is 6.12. The maximum atomic E-state index is 13.1. The van der Waals surface area contributed by atoms with Crippen molar-refractivity contribution in [2.24, 2.45) is 5.16 Å². The minimum Gasteiger partial charge on any atom is -0.312 e. The SMILES string of the molecule is O=C(O/N=C1\C(=O)N(Cc2cccc(C(F)(F)F)c2)c2ccccc21)c1ccc(Cl)cc1Cl. The third kappa shape index (κ3) is 4.72. The second-order valence-corrected chi connectivity index (χ2v) is 7.89.